The Kier molecular flexibility index (Phi) is 5.82. The fraction of sp³-hybridized carbons (Fsp3) is 0.190. The molecule has 32 heavy (non-hydrogen) atoms. The van der Waals surface area contributed by atoms with Gasteiger partial charge in [0.2, 0.25) is 16.0 Å². The van der Waals surface area contributed by atoms with E-state index >= 15 is 0 Å². The van der Waals surface area contributed by atoms with E-state index in [-0.39, 0.29) is 0 Å². The van der Waals surface area contributed by atoms with E-state index in [4.69, 9.17) is 0 Å². The van der Waals surface area contributed by atoms with Crippen LogP contribution in [0.5, 0.6) is 0 Å². The Morgan fingerprint density at radius 3 is 2.59 bits per heavy atom. The zero-order valence-corrected chi connectivity index (χ0v) is 18.7. The molecule has 166 valence electrons. The molecule has 0 aliphatic heterocycles. The SMILES string of the molecule is CN(C)c1cccc(CNc2nc(Nc3cccc(NS(C)(=O)=O)c3)nc3nc[nH]c23)c1. The molecule has 4 N–H and O–H groups in total. The van der Waals surface area contributed by atoms with Crippen molar-refractivity contribution in [1.29, 1.82) is 0 Å². The van der Waals surface area contributed by atoms with E-state index in [0.717, 1.165) is 17.5 Å². The van der Waals surface area contributed by atoms with Gasteiger partial charge in [-0.1, -0.05) is 18.2 Å². The maximum absolute atomic E-state index is 11.5. The van der Waals surface area contributed by atoms with Crippen LogP contribution < -0.4 is 20.3 Å². The number of aromatic nitrogens is 4. The van der Waals surface area contributed by atoms with Crippen LogP contribution in [0.3, 0.4) is 0 Å². The number of aromatic amines is 1. The van der Waals surface area contributed by atoms with Crippen LogP contribution in [-0.4, -0.2) is 48.7 Å². The number of benzene rings is 2. The highest BCUT2D eigenvalue weighted by molar-refractivity contribution is 7.92. The van der Waals surface area contributed by atoms with Crippen LogP contribution in [-0.2, 0) is 16.6 Å². The van der Waals surface area contributed by atoms with Gasteiger partial charge < -0.3 is 20.5 Å². The van der Waals surface area contributed by atoms with Gasteiger partial charge in [0.1, 0.15) is 5.52 Å². The minimum absolute atomic E-state index is 0.339. The topological polar surface area (TPSA) is 128 Å². The Morgan fingerprint density at radius 2 is 1.81 bits per heavy atom. The Hall–Kier alpha value is -3.86. The normalized spacial score (nSPS) is 11.3. The van der Waals surface area contributed by atoms with Gasteiger partial charge in [-0.05, 0) is 35.9 Å². The Bertz CT molecular complexity index is 1350. The van der Waals surface area contributed by atoms with Crippen LogP contribution >= 0.6 is 0 Å². The Balaban J connectivity index is 1.57. The number of sulfonamides is 1. The van der Waals surface area contributed by atoms with Gasteiger partial charge in [-0.2, -0.15) is 9.97 Å². The summed E-state index contributed by atoms with van der Waals surface area (Å²) < 4.78 is 25.5. The van der Waals surface area contributed by atoms with Gasteiger partial charge in [-0.25, -0.2) is 13.4 Å². The quantitative estimate of drug-likeness (QED) is 0.321. The van der Waals surface area contributed by atoms with E-state index in [9.17, 15) is 8.42 Å². The van der Waals surface area contributed by atoms with Crippen molar-refractivity contribution in [3.8, 4) is 0 Å². The summed E-state index contributed by atoms with van der Waals surface area (Å²) in [4.78, 5) is 18.4. The van der Waals surface area contributed by atoms with Crippen LogP contribution in [0.1, 0.15) is 5.56 Å². The lowest BCUT2D eigenvalue weighted by Gasteiger charge is -2.14. The predicted octanol–water partition coefficient (Wildman–Crippen LogP) is 3.15. The van der Waals surface area contributed by atoms with E-state index in [1.807, 2.05) is 26.2 Å². The maximum Gasteiger partial charge on any atom is 0.231 e. The third-order valence-electron chi connectivity index (χ3n) is 4.59. The van der Waals surface area contributed by atoms with E-state index in [1.54, 1.807) is 30.6 Å². The summed E-state index contributed by atoms with van der Waals surface area (Å²) in [5, 5.41) is 6.47. The summed E-state index contributed by atoms with van der Waals surface area (Å²) >= 11 is 0. The van der Waals surface area contributed by atoms with Gasteiger partial charge in [-0.3, -0.25) is 4.72 Å². The second-order valence-corrected chi connectivity index (χ2v) is 9.24. The molecule has 2 aromatic carbocycles. The van der Waals surface area contributed by atoms with Crippen LogP contribution in [0.4, 0.5) is 28.8 Å². The van der Waals surface area contributed by atoms with E-state index in [0.29, 0.717) is 40.8 Å². The molecular weight excluding hydrogens is 428 g/mol. The molecular formula is C21H24N8O2S. The molecule has 0 radical (unpaired) electrons. The van der Waals surface area contributed by atoms with Crippen molar-refractivity contribution in [2.24, 2.45) is 0 Å². The number of rotatable bonds is 8. The van der Waals surface area contributed by atoms with Crippen molar-refractivity contribution in [3.05, 3.63) is 60.4 Å². The highest BCUT2D eigenvalue weighted by Crippen LogP contribution is 2.24. The average Bonchev–Trinajstić information content (AvgIpc) is 3.20. The largest absolute Gasteiger partial charge is 0.378 e. The molecule has 0 fully saturated rings. The Morgan fingerprint density at radius 1 is 1.03 bits per heavy atom. The third kappa shape index (κ3) is 5.24. The van der Waals surface area contributed by atoms with Crippen LogP contribution in [0.15, 0.2) is 54.9 Å². The summed E-state index contributed by atoms with van der Waals surface area (Å²) in [6.07, 6.45) is 2.67. The average molecular weight is 453 g/mol. The molecule has 10 nitrogen and oxygen atoms in total. The number of H-pyrrole nitrogens is 1. The molecule has 4 rings (SSSR count). The van der Waals surface area contributed by atoms with E-state index in [1.165, 1.54) is 0 Å². The molecule has 4 aromatic rings. The van der Waals surface area contributed by atoms with Crippen LogP contribution in [0.2, 0.25) is 0 Å². The van der Waals surface area contributed by atoms with E-state index in [2.05, 4.69) is 52.3 Å². The first-order valence-electron chi connectivity index (χ1n) is 9.83. The number of nitrogens with one attached hydrogen (secondary N) is 4. The highest BCUT2D eigenvalue weighted by atomic mass is 32.2. The Labute approximate surface area is 186 Å². The lowest BCUT2D eigenvalue weighted by molar-refractivity contribution is 0.607. The van der Waals surface area contributed by atoms with Crippen molar-refractivity contribution >= 4 is 50.0 Å². The molecule has 2 heterocycles. The van der Waals surface area contributed by atoms with Gasteiger partial charge in [-0.15, -0.1) is 0 Å². The lowest BCUT2D eigenvalue weighted by Crippen LogP contribution is -2.10. The monoisotopic (exact) mass is 452 g/mol. The predicted molar refractivity (Wildman–Crippen MR) is 128 cm³/mol. The highest BCUT2D eigenvalue weighted by Gasteiger charge is 2.11. The molecule has 0 saturated heterocycles. The molecule has 0 unspecified atom stereocenters. The van der Waals surface area contributed by atoms with Crippen molar-refractivity contribution in [2.75, 3.05) is 40.6 Å². The summed E-state index contributed by atoms with van der Waals surface area (Å²) in [6.45, 7) is 0.569. The molecule has 0 aliphatic carbocycles. The molecule has 2 aromatic heterocycles. The molecule has 0 spiro atoms. The second kappa shape index (κ2) is 8.71. The van der Waals surface area contributed by atoms with Crippen molar-refractivity contribution in [1.82, 2.24) is 19.9 Å². The van der Waals surface area contributed by atoms with Gasteiger partial charge in [0.15, 0.2) is 11.5 Å². The molecule has 0 aliphatic rings. The van der Waals surface area contributed by atoms with Crippen LogP contribution in [0.25, 0.3) is 11.2 Å². The minimum atomic E-state index is -3.37. The summed E-state index contributed by atoms with van der Waals surface area (Å²) in [5.74, 6) is 0.946. The van der Waals surface area contributed by atoms with Gasteiger partial charge in [0.25, 0.3) is 0 Å². The molecule has 0 atom stereocenters. The first kappa shape index (κ1) is 21.4. The smallest absolute Gasteiger partial charge is 0.231 e. The lowest BCUT2D eigenvalue weighted by atomic mass is 10.2. The van der Waals surface area contributed by atoms with E-state index < -0.39 is 10.0 Å². The zero-order valence-electron chi connectivity index (χ0n) is 17.9. The third-order valence-corrected chi connectivity index (χ3v) is 5.20. The maximum atomic E-state index is 11.5. The number of anilines is 5. The number of hydrogen-bond acceptors (Lipinski definition) is 8. The van der Waals surface area contributed by atoms with Crippen molar-refractivity contribution in [3.63, 3.8) is 0 Å². The fourth-order valence-electron chi connectivity index (χ4n) is 3.15. The number of nitrogens with zero attached hydrogens (tertiary/aromatic N) is 4. The van der Waals surface area contributed by atoms with Crippen molar-refractivity contribution < 1.29 is 8.42 Å². The molecule has 11 heteroatoms. The van der Waals surface area contributed by atoms with Crippen LogP contribution in [0, 0.1) is 0 Å². The zero-order chi connectivity index (χ0) is 22.7. The minimum Gasteiger partial charge on any atom is -0.378 e. The summed E-state index contributed by atoms with van der Waals surface area (Å²) in [5.41, 5.74) is 4.51. The number of hydrogen-bond donors (Lipinski definition) is 4. The fourth-order valence-corrected chi connectivity index (χ4v) is 3.71. The molecule has 0 saturated carbocycles. The molecule has 0 amide bonds. The first-order valence-corrected chi connectivity index (χ1v) is 11.7. The first-order chi connectivity index (χ1) is 15.3. The second-order valence-electron chi connectivity index (χ2n) is 7.49. The number of imidazole rings is 1. The van der Waals surface area contributed by atoms with Gasteiger partial charge in [0.05, 0.1) is 18.3 Å². The van der Waals surface area contributed by atoms with Gasteiger partial charge >= 0.3 is 0 Å². The standard InChI is InChI=1S/C21H24N8O2S/c1-29(2)17-9-4-6-14(10-17)12-22-19-18-20(24-13-23-18)27-21(26-19)25-15-7-5-8-16(11-15)28-32(3,30)31/h4-11,13,28H,12H2,1-3H3,(H3,22,23,24,25,26,27). The summed E-state index contributed by atoms with van der Waals surface area (Å²) in [7, 11) is 0.634. The molecule has 0 bridgehead atoms. The van der Waals surface area contributed by atoms with Gasteiger partial charge in [0, 0.05) is 32.0 Å². The summed E-state index contributed by atoms with van der Waals surface area (Å²) in [6, 6.07) is 15.1. The van der Waals surface area contributed by atoms with Crippen molar-refractivity contribution in [2.45, 2.75) is 6.54 Å². The number of fused-ring (bicyclic) bond motifs is 1.